The average molecular weight is 507 g/mol. The fraction of sp³-hybridized carbons (Fsp3) is 0.556. The van der Waals surface area contributed by atoms with E-state index in [9.17, 15) is 23.8 Å². The van der Waals surface area contributed by atoms with Crippen LogP contribution in [0.5, 0.6) is 5.75 Å². The normalized spacial score (nSPS) is 18.1. The molecule has 1 fully saturated rings. The van der Waals surface area contributed by atoms with Gasteiger partial charge in [0.1, 0.15) is 6.23 Å². The molecule has 0 bridgehead atoms. The van der Waals surface area contributed by atoms with Gasteiger partial charge in [0, 0.05) is 41.7 Å². The Hall–Kier alpha value is -2.62. The Morgan fingerprint density at radius 3 is 2.17 bits per heavy atom. The van der Waals surface area contributed by atoms with Crippen molar-refractivity contribution >= 4 is 5.97 Å². The van der Waals surface area contributed by atoms with Crippen LogP contribution >= 0.6 is 0 Å². The van der Waals surface area contributed by atoms with E-state index in [1.165, 1.54) is 13.3 Å². The highest BCUT2D eigenvalue weighted by Crippen LogP contribution is 2.42. The first-order chi connectivity index (χ1) is 16.6. The van der Waals surface area contributed by atoms with Gasteiger partial charge in [-0.05, 0) is 63.6 Å². The quantitative estimate of drug-likeness (QED) is 0.520. The lowest BCUT2D eigenvalue weighted by Crippen LogP contribution is -2.40. The van der Waals surface area contributed by atoms with Crippen molar-refractivity contribution in [3.63, 3.8) is 0 Å². The summed E-state index contributed by atoms with van der Waals surface area (Å²) in [5.74, 6) is -3.63. The summed E-state index contributed by atoms with van der Waals surface area (Å²) < 4.78 is 40.1. The molecule has 2 heterocycles. The zero-order valence-corrected chi connectivity index (χ0v) is 22.0. The smallest absolute Gasteiger partial charge is 0.337 e. The Morgan fingerprint density at radius 2 is 1.69 bits per heavy atom. The first-order valence-electron chi connectivity index (χ1n) is 12.0. The number of hydrogen-bond donors (Lipinski definition) is 2. The molecule has 0 aliphatic carbocycles. The maximum absolute atomic E-state index is 14.7. The highest BCUT2D eigenvalue weighted by atomic mass is 19.1. The van der Waals surface area contributed by atoms with Gasteiger partial charge in [-0.15, -0.1) is 0 Å². The molecule has 1 aliphatic rings. The number of piperidine rings is 1. The van der Waals surface area contributed by atoms with Gasteiger partial charge < -0.3 is 19.7 Å². The Balaban J connectivity index is 2.27. The summed E-state index contributed by atoms with van der Waals surface area (Å²) in [6.45, 7) is 12.3. The Labute approximate surface area is 211 Å². The SMILES string of the molecule is COc1c(F)cc(-c2cnc(C)c([C@H](OC(C)(C)C)C(=O)O)c2C(O)N2CCC(C)(C)CC2)cc1F. The fourth-order valence-electron chi connectivity index (χ4n) is 4.53. The van der Waals surface area contributed by atoms with Gasteiger partial charge in [-0.25, -0.2) is 13.6 Å². The van der Waals surface area contributed by atoms with E-state index in [-0.39, 0.29) is 27.7 Å². The molecule has 7 nitrogen and oxygen atoms in total. The molecule has 0 amide bonds. The third-order valence-electron chi connectivity index (χ3n) is 6.58. The van der Waals surface area contributed by atoms with Crippen LogP contribution in [-0.2, 0) is 9.53 Å². The molecule has 0 saturated carbocycles. The summed E-state index contributed by atoms with van der Waals surface area (Å²) in [5, 5.41) is 21.8. The molecule has 0 spiro atoms. The molecule has 9 heteroatoms. The largest absolute Gasteiger partial charge is 0.491 e. The maximum Gasteiger partial charge on any atom is 0.337 e. The molecule has 198 valence electrons. The molecule has 2 aromatic rings. The minimum absolute atomic E-state index is 0.103. The van der Waals surface area contributed by atoms with E-state index in [1.807, 2.05) is 4.90 Å². The third kappa shape index (κ3) is 6.02. The zero-order chi connectivity index (χ0) is 27.0. The molecular weight excluding hydrogens is 470 g/mol. The van der Waals surface area contributed by atoms with Crippen molar-refractivity contribution < 1.29 is 33.3 Å². The van der Waals surface area contributed by atoms with Gasteiger partial charge in [0.05, 0.1) is 12.7 Å². The van der Waals surface area contributed by atoms with E-state index in [2.05, 4.69) is 18.8 Å². The Morgan fingerprint density at radius 1 is 1.14 bits per heavy atom. The number of carbonyl (C=O) groups is 1. The van der Waals surface area contributed by atoms with Crippen LogP contribution in [0, 0.1) is 24.0 Å². The molecule has 3 rings (SSSR count). The number of likely N-dealkylation sites (tertiary alicyclic amines) is 1. The number of hydrogen-bond acceptors (Lipinski definition) is 6. The van der Waals surface area contributed by atoms with Crippen molar-refractivity contribution in [2.24, 2.45) is 5.41 Å². The minimum Gasteiger partial charge on any atom is -0.491 e. The number of aliphatic hydroxyl groups excluding tert-OH is 1. The van der Waals surface area contributed by atoms with Gasteiger partial charge in [0.25, 0.3) is 0 Å². The number of benzene rings is 1. The summed E-state index contributed by atoms with van der Waals surface area (Å²) in [4.78, 5) is 18.6. The van der Waals surface area contributed by atoms with Crippen LogP contribution in [0.1, 0.15) is 76.6 Å². The number of ether oxygens (including phenoxy) is 2. The number of carboxylic acids is 1. The molecule has 1 saturated heterocycles. The second-order valence-electron chi connectivity index (χ2n) is 11.1. The predicted molar refractivity (Wildman–Crippen MR) is 132 cm³/mol. The highest BCUT2D eigenvalue weighted by Gasteiger charge is 2.37. The number of aromatic nitrogens is 1. The minimum atomic E-state index is -1.46. The fourth-order valence-corrected chi connectivity index (χ4v) is 4.53. The second kappa shape index (κ2) is 10.4. The number of rotatable bonds is 7. The third-order valence-corrected chi connectivity index (χ3v) is 6.58. The monoisotopic (exact) mass is 506 g/mol. The lowest BCUT2D eigenvalue weighted by atomic mass is 9.82. The van der Waals surface area contributed by atoms with Crippen molar-refractivity contribution in [2.75, 3.05) is 20.2 Å². The van der Waals surface area contributed by atoms with Crippen molar-refractivity contribution in [2.45, 2.75) is 72.3 Å². The highest BCUT2D eigenvalue weighted by molar-refractivity contribution is 5.78. The van der Waals surface area contributed by atoms with E-state index in [1.54, 1.807) is 27.7 Å². The molecule has 1 aliphatic heterocycles. The first kappa shape index (κ1) is 28.0. The maximum atomic E-state index is 14.7. The number of aliphatic carboxylic acids is 1. The van der Waals surface area contributed by atoms with Gasteiger partial charge in [-0.2, -0.15) is 0 Å². The van der Waals surface area contributed by atoms with Crippen LogP contribution in [0.4, 0.5) is 8.78 Å². The average Bonchev–Trinajstić information content (AvgIpc) is 2.76. The molecule has 1 aromatic carbocycles. The summed E-state index contributed by atoms with van der Waals surface area (Å²) in [6.07, 6.45) is 0.349. The number of halogens is 2. The van der Waals surface area contributed by atoms with Crippen molar-refractivity contribution in [3.05, 3.63) is 46.8 Å². The lowest BCUT2D eigenvalue weighted by Gasteiger charge is -2.40. The molecule has 1 aromatic heterocycles. The van der Waals surface area contributed by atoms with E-state index in [0.717, 1.165) is 25.0 Å². The summed E-state index contributed by atoms with van der Waals surface area (Å²) in [6, 6.07) is 2.18. The number of pyridine rings is 1. The Bertz CT molecular complexity index is 1100. The van der Waals surface area contributed by atoms with Crippen molar-refractivity contribution in [1.82, 2.24) is 9.88 Å². The van der Waals surface area contributed by atoms with Crippen LogP contribution in [0.3, 0.4) is 0 Å². The van der Waals surface area contributed by atoms with Gasteiger partial charge in [-0.3, -0.25) is 9.88 Å². The van der Waals surface area contributed by atoms with E-state index < -0.39 is 41.3 Å². The van der Waals surface area contributed by atoms with E-state index in [0.29, 0.717) is 18.8 Å². The summed E-state index contributed by atoms with van der Waals surface area (Å²) in [7, 11) is 1.17. The number of carboxylic acid groups (broad SMARTS) is 1. The van der Waals surface area contributed by atoms with Crippen LogP contribution in [0.25, 0.3) is 11.1 Å². The van der Waals surface area contributed by atoms with Crippen LogP contribution < -0.4 is 4.74 Å². The van der Waals surface area contributed by atoms with Gasteiger partial charge in [-0.1, -0.05) is 13.8 Å². The number of nitrogens with zero attached hydrogens (tertiary/aromatic N) is 2. The first-order valence-corrected chi connectivity index (χ1v) is 12.0. The number of aryl methyl sites for hydroxylation is 1. The molecule has 0 radical (unpaired) electrons. The summed E-state index contributed by atoms with van der Waals surface area (Å²) >= 11 is 0. The number of aliphatic hydroxyl groups is 1. The van der Waals surface area contributed by atoms with Gasteiger partial charge in [0.2, 0.25) is 0 Å². The standard InChI is InChI=1S/C27H36F2N2O5/c1-15-20(23(25(33)34)36-26(2,3)4)21(24(32)31-10-8-27(5,6)9-11-31)17(14-30-15)16-12-18(28)22(35-7)19(29)13-16/h12-14,23-24,32H,8-11H2,1-7H3,(H,33,34)/t23-,24?/m0/s1. The lowest BCUT2D eigenvalue weighted by molar-refractivity contribution is -0.161. The molecule has 1 unspecified atom stereocenters. The van der Waals surface area contributed by atoms with E-state index in [4.69, 9.17) is 9.47 Å². The van der Waals surface area contributed by atoms with Crippen LogP contribution in [0.15, 0.2) is 18.3 Å². The predicted octanol–water partition coefficient (Wildman–Crippen LogP) is 5.40. The molecular formula is C27H36F2N2O5. The zero-order valence-electron chi connectivity index (χ0n) is 22.0. The van der Waals surface area contributed by atoms with Crippen LogP contribution in [0.2, 0.25) is 0 Å². The topological polar surface area (TPSA) is 92.1 Å². The summed E-state index contributed by atoms with van der Waals surface area (Å²) in [5.41, 5.74) is 0.323. The molecule has 2 N–H and O–H groups in total. The van der Waals surface area contributed by atoms with Crippen LogP contribution in [-0.4, -0.2) is 51.9 Å². The van der Waals surface area contributed by atoms with Crippen molar-refractivity contribution in [3.8, 4) is 16.9 Å². The van der Waals surface area contributed by atoms with E-state index >= 15 is 0 Å². The number of methoxy groups -OCH3 is 1. The van der Waals surface area contributed by atoms with Gasteiger partial charge >= 0.3 is 5.97 Å². The Kier molecular flexibility index (Phi) is 8.07. The molecule has 36 heavy (non-hydrogen) atoms. The molecule has 2 atom stereocenters. The van der Waals surface area contributed by atoms with Gasteiger partial charge in [0.15, 0.2) is 23.5 Å². The van der Waals surface area contributed by atoms with Crippen molar-refractivity contribution in [1.29, 1.82) is 0 Å². The second-order valence-corrected chi connectivity index (χ2v) is 11.1.